The Kier molecular flexibility index (Phi) is 6.33. The SMILES string of the molecule is CCOc1ccc(C(=O)CSc2nnc(-c3ccsc3)c(-c3ccsc3)n2)cc1. The van der Waals surface area contributed by atoms with Gasteiger partial charge in [-0.05, 0) is 54.1 Å². The number of rotatable bonds is 8. The predicted molar refractivity (Wildman–Crippen MR) is 119 cm³/mol. The van der Waals surface area contributed by atoms with E-state index in [9.17, 15) is 4.79 Å². The minimum absolute atomic E-state index is 0.0145. The third-order valence-electron chi connectivity index (χ3n) is 4.08. The molecule has 0 amide bonds. The summed E-state index contributed by atoms with van der Waals surface area (Å²) in [6.07, 6.45) is 0. The molecule has 0 aliphatic heterocycles. The highest BCUT2D eigenvalue weighted by Gasteiger charge is 2.16. The number of hydrogen-bond donors (Lipinski definition) is 0. The number of ketones is 1. The summed E-state index contributed by atoms with van der Waals surface area (Å²) in [7, 11) is 0. The number of hydrogen-bond acceptors (Lipinski definition) is 8. The van der Waals surface area contributed by atoms with Gasteiger partial charge >= 0.3 is 0 Å². The van der Waals surface area contributed by atoms with Gasteiger partial charge in [0.2, 0.25) is 5.16 Å². The van der Waals surface area contributed by atoms with Crippen LogP contribution < -0.4 is 4.74 Å². The van der Waals surface area contributed by atoms with Crippen molar-refractivity contribution in [2.75, 3.05) is 12.4 Å². The van der Waals surface area contributed by atoms with Crippen LogP contribution in [-0.2, 0) is 0 Å². The number of ether oxygens (including phenoxy) is 1. The van der Waals surface area contributed by atoms with Crippen molar-refractivity contribution < 1.29 is 9.53 Å². The van der Waals surface area contributed by atoms with Crippen LogP contribution in [0.4, 0.5) is 0 Å². The first-order valence-corrected chi connectivity index (χ1v) is 11.8. The summed E-state index contributed by atoms with van der Waals surface area (Å²) in [6, 6.07) is 11.2. The highest BCUT2D eigenvalue weighted by Crippen LogP contribution is 2.32. The van der Waals surface area contributed by atoms with Gasteiger partial charge in [-0.3, -0.25) is 4.79 Å². The summed E-state index contributed by atoms with van der Waals surface area (Å²) in [4.78, 5) is 17.2. The summed E-state index contributed by atoms with van der Waals surface area (Å²) in [5.41, 5.74) is 4.19. The molecule has 8 heteroatoms. The molecule has 0 unspecified atom stereocenters. The Bertz CT molecular complexity index is 1080. The summed E-state index contributed by atoms with van der Waals surface area (Å²) in [5.74, 6) is 1.02. The molecule has 0 radical (unpaired) electrons. The second kappa shape index (κ2) is 9.30. The maximum Gasteiger partial charge on any atom is 0.210 e. The van der Waals surface area contributed by atoms with Crippen LogP contribution in [-0.4, -0.2) is 33.3 Å². The molecule has 0 aliphatic rings. The van der Waals surface area contributed by atoms with Gasteiger partial charge < -0.3 is 4.74 Å². The second-order valence-corrected chi connectivity index (χ2v) is 8.49. The van der Waals surface area contributed by atoms with E-state index in [1.807, 2.05) is 52.7 Å². The molecule has 3 aromatic heterocycles. The van der Waals surface area contributed by atoms with Gasteiger partial charge in [-0.25, -0.2) is 4.98 Å². The van der Waals surface area contributed by atoms with E-state index in [2.05, 4.69) is 10.2 Å². The zero-order chi connectivity index (χ0) is 20.1. The maximum absolute atomic E-state index is 12.5. The molecule has 0 spiro atoms. The Labute approximate surface area is 180 Å². The highest BCUT2D eigenvalue weighted by molar-refractivity contribution is 7.99. The van der Waals surface area contributed by atoms with Crippen LogP contribution in [0.3, 0.4) is 0 Å². The van der Waals surface area contributed by atoms with Gasteiger partial charge in [-0.15, -0.1) is 10.2 Å². The van der Waals surface area contributed by atoms with Gasteiger partial charge in [0.05, 0.1) is 12.4 Å². The van der Waals surface area contributed by atoms with Gasteiger partial charge in [0.25, 0.3) is 0 Å². The Balaban J connectivity index is 1.52. The fourth-order valence-corrected chi connectivity index (χ4v) is 4.65. The molecule has 0 saturated carbocycles. The van der Waals surface area contributed by atoms with Crippen LogP contribution in [0.15, 0.2) is 63.1 Å². The Hall–Kier alpha value is -2.55. The van der Waals surface area contributed by atoms with Crippen LogP contribution >= 0.6 is 34.4 Å². The highest BCUT2D eigenvalue weighted by atomic mass is 32.2. The minimum Gasteiger partial charge on any atom is -0.494 e. The lowest BCUT2D eigenvalue weighted by atomic mass is 10.1. The molecule has 0 bridgehead atoms. The molecule has 146 valence electrons. The van der Waals surface area contributed by atoms with Crippen LogP contribution in [0.1, 0.15) is 17.3 Å². The van der Waals surface area contributed by atoms with Crippen molar-refractivity contribution in [2.45, 2.75) is 12.1 Å². The van der Waals surface area contributed by atoms with Crippen molar-refractivity contribution in [3.8, 4) is 28.3 Å². The van der Waals surface area contributed by atoms with E-state index >= 15 is 0 Å². The molecule has 5 nitrogen and oxygen atoms in total. The Morgan fingerprint density at radius 3 is 2.28 bits per heavy atom. The normalized spacial score (nSPS) is 10.8. The van der Waals surface area contributed by atoms with E-state index in [-0.39, 0.29) is 11.5 Å². The number of nitrogens with zero attached hydrogens (tertiary/aromatic N) is 3. The molecule has 1 aromatic carbocycles. The van der Waals surface area contributed by atoms with E-state index < -0.39 is 0 Å². The lowest BCUT2D eigenvalue weighted by Gasteiger charge is -2.07. The molecule has 3 heterocycles. The second-order valence-electron chi connectivity index (χ2n) is 5.98. The van der Waals surface area contributed by atoms with Gasteiger partial charge in [0.15, 0.2) is 5.78 Å². The first-order chi connectivity index (χ1) is 14.2. The molecule has 29 heavy (non-hydrogen) atoms. The first-order valence-electron chi connectivity index (χ1n) is 8.93. The van der Waals surface area contributed by atoms with Crippen molar-refractivity contribution in [3.05, 3.63) is 63.5 Å². The van der Waals surface area contributed by atoms with Crippen molar-refractivity contribution in [1.29, 1.82) is 0 Å². The van der Waals surface area contributed by atoms with Crippen LogP contribution in [0.25, 0.3) is 22.5 Å². The molecule has 4 rings (SSSR count). The summed E-state index contributed by atoms with van der Waals surface area (Å²) >= 11 is 4.51. The number of carbonyl (C=O) groups excluding carboxylic acids is 1. The van der Waals surface area contributed by atoms with Crippen molar-refractivity contribution in [1.82, 2.24) is 15.2 Å². The molecular weight excluding hydrogens is 422 g/mol. The number of benzene rings is 1. The monoisotopic (exact) mass is 439 g/mol. The predicted octanol–water partition coefficient (Wildman–Crippen LogP) is 5.70. The fraction of sp³-hybridized carbons (Fsp3) is 0.143. The molecular formula is C21H17N3O2S3. The van der Waals surface area contributed by atoms with Crippen molar-refractivity contribution in [3.63, 3.8) is 0 Å². The quantitative estimate of drug-likeness (QED) is 0.259. The van der Waals surface area contributed by atoms with Gasteiger partial charge in [-0.2, -0.15) is 22.7 Å². The molecule has 0 fully saturated rings. The molecule has 0 atom stereocenters. The Morgan fingerprint density at radius 2 is 1.66 bits per heavy atom. The molecule has 0 saturated heterocycles. The third-order valence-corrected chi connectivity index (χ3v) is 6.28. The minimum atomic E-state index is 0.0145. The smallest absolute Gasteiger partial charge is 0.210 e. The van der Waals surface area contributed by atoms with Crippen LogP contribution in [0.5, 0.6) is 5.75 Å². The van der Waals surface area contributed by atoms with Crippen LogP contribution in [0, 0.1) is 0 Å². The summed E-state index contributed by atoms with van der Waals surface area (Å²) in [6.45, 7) is 2.53. The number of aromatic nitrogens is 3. The molecule has 0 aliphatic carbocycles. The Morgan fingerprint density at radius 1 is 0.966 bits per heavy atom. The van der Waals surface area contributed by atoms with E-state index in [1.54, 1.807) is 34.8 Å². The van der Waals surface area contributed by atoms with Gasteiger partial charge in [-0.1, -0.05) is 11.8 Å². The van der Waals surface area contributed by atoms with Crippen molar-refractivity contribution in [2.24, 2.45) is 0 Å². The van der Waals surface area contributed by atoms with E-state index in [4.69, 9.17) is 9.72 Å². The average Bonchev–Trinajstić information content (AvgIpc) is 3.47. The van der Waals surface area contributed by atoms with Crippen molar-refractivity contribution >= 4 is 40.2 Å². The number of thioether (sulfide) groups is 1. The van der Waals surface area contributed by atoms with Crippen LogP contribution in [0.2, 0.25) is 0 Å². The van der Waals surface area contributed by atoms with Gasteiger partial charge in [0, 0.05) is 27.5 Å². The fourth-order valence-electron chi connectivity index (χ4n) is 2.68. The zero-order valence-corrected chi connectivity index (χ0v) is 18.0. The van der Waals surface area contributed by atoms with E-state index in [0.717, 1.165) is 28.3 Å². The largest absolute Gasteiger partial charge is 0.494 e. The number of thiophene rings is 2. The maximum atomic E-state index is 12.5. The first kappa shape index (κ1) is 19.8. The summed E-state index contributed by atoms with van der Waals surface area (Å²) in [5, 5.41) is 17.2. The number of carbonyl (C=O) groups is 1. The zero-order valence-electron chi connectivity index (χ0n) is 15.6. The summed E-state index contributed by atoms with van der Waals surface area (Å²) < 4.78 is 5.42. The third kappa shape index (κ3) is 4.72. The van der Waals surface area contributed by atoms with E-state index in [0.29, 0.717) is 17.3 Å². The average molecular weight is 440 g/mol. The number of Topliss-reactive ketones (excluding diaryl/α,β-unsaturated/α-hetero) is 1. The molecule has 4 aromatic rings. The standard InChI is InChI=1S/C21H17N3O2S3/c1-2-26-17-5-3-14(4-6-17)18(25)13-29-21-22-19(15-7-9-27-11-15)20(23-24-21)16-8-10-28-12-16/h3-12H,2,13H2,1H3. The topological polar surface area (TPSA) is 65.0 Å². The lowest BCUT2D eigenvalue weighted by Crippen LogP contribution is -2.05. The van der Waals surface area contributed by atoms with E-state index in [1.165, 1.54) is 11.8 Å². The van der Waals surface area contributed by atoms with Gasteiger partial charge in [0.1, 0.15) is 17.1 Å². The molecule has 0 N–H and O–H groups in total. The lowest BCUT2D eigenvalue weighted by molar-refractivity contribution is 0.102.